The van der Waals surface area contributed by atoms with Crippen molar-refractivity contribution in [3.63, 3.8) is 0 Å². The molecule has 6 nitrogen and oxygen atoms in total. The van der Waals surface area contributed by atoms with Crippen LogP contribution < -0.4 is 42.0 Å². The average molecular weight is 737 g/mol. The van der Waals surface area contributed by atoms with Gasteiger partial charge in [-0.1, -0.05) is 52.6 Å². The molecule has 266 valence electrons. The van der Waals surface area contributed by atoms with Gasteiger partial charge in [0.25, 0.3) is 0 Å². The highest BCUT2D eigenvalue weighted by atomic mass is 14.9. The van der Waals surface area contributed by atoms with Gasteiger partial charge in [0, 0.05) is 103 Å². The van der Waals surface area contributed by atoms with Gasteiger partial charge in [0.1, 0.15) is 0 Å². The minimum absolute atomic E-state index is 0.591. The summed E-state index contributed by atoms with van der Waals surface area (Å²) in [6, 6.07) is 0. The monoisotopic (exact) mass is 736 g/mol. The van der Waals surface area contributed by atoms with E-state index in [1.807, 2.05) is 6.92 Å². The first-order valence-electron chi connectivity index (χ1n) is 19.5. The lowest BCUT2D eigenvalue weighted by Gasteiger charge is -2.31. The topological polar surface area (TPSA) is 77.3 Å². The molecule has 0 aliphatic rings. The Kier molecular flexibility index (Phi) is 4.27. The van der Waals surface area contributed by atoms with Gasteiger partial charge in [0.15, 0.2) is 22.6 Å². The number of aryl methyl sites for hydroxylation is 4. The van der Waals surface area contributed by atoms with E-state index in [1.165, 1.54) is 26.9 Å². The third kappa shape index (κ3) is 2.53. The van der Waals surface area contributed by atoms with E-state index in [1.54, 1.807) is 0 Å². The fourth-order valence-corrected chi connectivity index (χ4v) is 12.5. The van der Waals surface area contributed by atoms with Gasteiger partial charge in [0.2, 0.25) is 0 Å². The van der Waals surface area contributed by atoms with Crippen LogP contribution in [-0.2, 0) is 0 Å². The lowest BCUT2D eigenvalue weighted by Crippen LogP contribution is -2.29. The number of rotatable bonds is 0. The van der Waals surface area contributed by atoms with Crippen LogP contribution in [0.5, 0.6) is 0 Å². The molecule has 0 atom stereocenters. The highest BCUT2D eigenvalue weighted by molar-refractivity contribution is 6.62. The van der Waals surface area contributed by atoms with E-state index in [2.05, 4.69) is 40.5 Å². The van der Waals surface area contributed by atoms with Gasteiger partial charge in [0.05, 0.1) is 10.7 Å². The van der Waals surface area contributed by atoms with E-state index < -0.39 is 0 Å². The van der Waals surface area contributed by atoms with Crippen LogP contribution in [-0.4, -0.2) is 29.9 Å². The van der Waals surface area contributed by atoms with Crippen molar-refractivity contribution in [1.29, 1.82) is 0 Å². The number of hydrogen-bond donors (Lipinski definition) is 0. The van der Waals surface area contributed by atoms with Crippen molar-refractivity contribution < 1.29 is 0 Å². The van der Waals surface area contributed by atoms with Gasteiger partial charge in [-0.05, 0) is 108 Å². The highest BCUT2D eigenvalue weighted by Crippen LogP contribution is 2.59. The van der Waals surface area contributed by atoms with Gasteiger partial charge in [-0.25, -0.2) is 29.9 Å². The molecular weight excluding hydrogens is 709 g/mol. The third-order valence-electron chi connectivity index (χ3n) is 14.9. The molecule has 15 rings (SSSR count). The van der Waals surface area contributed by atoms with Gasteiger partial charge in [-0.3, -0.25) is 0 Å². The molecule has 0 spiro atoms. The minimum atomic E-state index is 0.591. The summed E-state index contributed by atoms with van der Waals surface area (Å²) in [7, 11) is 0. The standard InChI is InChI=1S/C52H28N6/c1-13-15(3)27-28-16(4)14(2)26-24(12)56-52-48-34(26)36(28)40-39-35(27)33-25(13)23(11)55-51-47(33)43-41(39)37-29(31-19(7)21(9)53-49(57-51)45(31)43)17(5)18(6)30-32-20(8)22(10)54-50(58-52)46(32)44(48)42(40)38(30)37/h1-3,5,7-9,12H2,4,6,10-11H3. The molecule has 0 saturated carbocycles. The predicted octanol–water partition coefficient (Wildman–Crippen LogP) is 6.22. The van der Waals surface area contributed by atoms with Crippen LogP contribution in [0.2, 0.25) is 0 Å². The molecule has 0 amide bonds. The van der Waals surface area contributed by atoms with Crippen LogP contribution in [0.3, 0.4) is 0 Å². The molecule has 0 saturated heterocycles. The largest absolute Gasteiger partial charge is 0.233 e. The number of aromatic nitrogens is 6. The van der Waals surface area contributed by atoms with E-state index in [-0.39, 0.29) is 0 Å². The molecule has 0 fully saturated rings. The van der Waals surface area contributed by atoms with Crippen molar-refractivity contribution in [2.45, 2.75) is 27.7 Å². The average Bonchev–Trinajstić information content (AvgIpc) is 3.19. The van der Waals surface area contributed by atoms with Gasteiger partial charge in [-0.2, -0.15) is 0 Å². The summed E-state index contributed by atoms with van der Waals surface area (Å²) in [5, 5.41) is 32.8. The maximum absolute atomic E-state index is 5.30. The Balaban J connectivity index is 1.56. The fourth-order valence-electron chi connectivity index (χ4n) is 12.5. The number of pyridine rings is 6. The summed E-state index contributed by atoms with van der Waals surface area (Å²) in [5.74, 6) is 0. The van der Waals surface area contributed by atoms with Crippen molar-refractivity contribution in [3.05, 3.63) is 64.5 Å². The molecule has 0 radical (unpaired) electrons. The molecule has 6 heterocycles. The Labute approximate surface area is 325 Å². The lowest BCUT2D eigenvalue weighted by atomic mass is 9.72. The third-order valence-corrected chi connectivity index (χ3v) is 14.9. The Morgan fingerprint density at radius 2 is 0.552 bits per heavy atom. The Morgan fingerprint density at radius 1 is 0.224 bits per heavy atom. The zero-order valence-corrected chi connectivity index (χ0v) is 32.3. The zero-order chi connectivity index (χ0) is 39.3. The fraction of sp³-hybridized carbons (Fsp3) is 0.0769. The lowest BCUT2D eigenvalue weighted by molar-refractivity contribution is 1.19. The maximum Gasteiger partial charge on any atom is 0.163 e. The molecule has 0 aliphatic heterocycles. The summed E-state index contributed by atoms with van der Waals surface area (Å²) in [4.78, 5) is 31.2. The van der Waals surface area contributed by atoms with Crippen LogP contribution >= 0.6 is 0 Å². The Morgan fingerprint density at radius 3 is 1.12 bits per heavy atom. The first-order chi connectivity index (χ1) is 27.8. The van der Waals surface area contributed by atoms with Crippen molar-refractivity contribution in [1.82, 2.24) is 29.9 Å². The maximum atomic E-state index is 5.30. The van der Waals surface area contributed by atoms with Crippen LogP contribution in [0.4, 0.5) is 0 Å². The molecule has 15 aromatic rings. The normalized spacial score (nSPS) is 13.7. The van der Waals surface area contributed by atoms with E-state index in [0.717, 1.165) is 156 Å². The van der Waals surface area contributed by atoms with Crippen molar-refractivity contribution in [2.75, 3.05) is 0 Å². The molecule has 0 unspecified atom stereocenters. The van der Waals surface area contributed by atoms with E-state index in [9.17, 15) is 0 Å². The van der Waals surface area contributed by atoms with E-state index in [0.29, 0.717) is 33.3 Å². The first kappa shape index (κ1) is 29.8. The number of fused-ring (bicyclic) bond motifs is 3. The molecule has 6 heteroatoms. The number of benzene rings is 9. The second-order valence-electron chi connectivity index (χ2n) is 17.2. The molecule has 6 aromatic heterocycles. The summed E-state index contributed by atoms with van der Waals surface area (Å²) in [5.41, 5.74) is 6.43. The molecule has 0 bridgehead atoms. The van der Waals surface area contributed by atoms with E-state index in [4.69, 9.17) is 62.8 Å². The molecule has 0 N–H and O–H groups in total. The minimum Gasteiger partial charge on any atom is -0.233 e. The van der Waals surface area contributed by atoms with Crippen LogP contribution in [0.15, 0.2) is 0 Å². The smallest absolute Gasteiger partial charge is 0.163 e. The predicted molar refractivity (Wildman–Crippen MR) is 248 cm³/mol. The summed E-state index contributed by atoms with van der Waals surface area (Å²) in [6.45, 7) is 46.2. The van der Waals surface area contributed by atoms with Crippen LogP contribution in [0.1, 0.15) is 22.5 Å². The SMILES string of the molecule is C=c1nc2nc3nc(C)c4c(=C)c(=C)c5c6c(C)c(=C)c7c(=C)nc8nc9nc(C)c(=C)c%10c%11c(C)c(=C)c%12c(c1=C)c2c1c3c4c5c2c3c6c7c8c(c9%10)c3c%11c%12c12. The number of nitrogens with zero attached hydrogens (tertiary/aromatic N) is 6. The molecular formula is C52H28N6. The van der Waals surface area contributed by atoms with Crippen LogP contribution in [0, 0.1) is 27.7 Å². The summed E-state index contributed by atoms with van der Waals surface area (Å²) in [6.07, 6.45) is 0. The Bertz CT molecular complexity index is 5030. The highest BCUT2D eigenvalue weighted by Gasteiger charge is 2.36. The molecule has 58 heavy (non-hydrogen) atoms. The second-order valence-corrected chi connectivity index (χ2v) is 17.2. The van der Waals surface area contributed by atoms with Gasteiger partial charge < -0.3 is 0 Å². The van der Waals surface area contributed by atoms with Crippen molar-refractivity contribution in [3.8, 4) is 0 Å². The Hall–Kier alpha value is -7.44. The number of hydrogen-bond acceptors (Lipinski definition) is 6. The molecule has 0 aliphatic carbocycles. The first-order valence-corrected chi connectivity index (χ1v) is 19.5. The summed E-state index contributed by atoms with van der Waals surface area (Å²) < 4.78 is 0. The second kappa shape index (κ2) is 8.31. The van der Waals surface area contributed by atoms with Crippen molar-refractivity contribution >= 4 is 204 Å². The van der Waals surface area contributed by atoms with E-state index >= 15 is 0 Å². The zero-order valence-electron chi connectivity index (χ0n) is 32.3. The quantitative estimate of drug-likeness (QED) is 0.136. The van der Waals surface area contributed by atoms with Gasteiger partial charge in [-0.15, -0.1) is 0 Å². The van der Waals surface area contributed by atoms with Gasteiger partial charge >= 0.3 is 0 Å². The summed E-state index contributed by atoms with van der Waals surface area (Å²) >= 11 is 0. The van der Waals surface area contributed by atoms with Crippen molar-refractivity contribution in [2.24, 2.45) is 0 Å². The van der Waals surface area contributed by atoms with Crippen LogP contribution in [0.25, 0.3) is 204 Å². The molecule has 9 aromatic carbocycles.